The van der Waals surface area contributed by atoms with Gasteiger partial charge >= 0.3 is 0 Å². The summed E-state index contributed by atoms with van der Waals surface area (Å²) in [4.78, 5) is 36.0. The topological polar surface area (TPSA) is 77.5 Å². The highest BCUT2D eigenvalue weighted by atomic mass is 127. The van der Waals surface area contributed by atoms with Gasteiger partial charge in [-0.15, -0.1) is 24.0 Å². The van der Waals surface area contributed by atoms with Crippen molar-refractivity contribution in [2.45, 2.75) is 51.8 Å². The first-order valence-corrected chi connectivity index (χ1v) is 11.9. The number of aliphatic imine (C=N–C) groups is 1. The van der Waals surface area contributed by atoms with Gasteiger partial charge in [-0.25, -0.2) is 0 Å². The molecule has 0 bridgehead atoms. The number of hydrogen-bond acceptors (Lipinski definition) is 4. The van der Waals surface area contributed by atoms with E-state index in [1.165, 1.54) is 11.1 Å². The summed E-state index contributed by atoms with van der Waals surface area (Å²) in [5, 5.41) is 3.36. The van der Waals surface area contributed by atoms with Crippen molar-refractivity contribution >= 4 is 41.8 Å². The number of guanidine groups is 1. The predicted molar refractivity (Wildman–Crippen MR) is 138 cm³/mol. The van der Waals surface area contributed by atoms with Gasteiger partial charge in [0.05, 0.1) is 0 Å². The molecule has 0 aliphatic carbocycles. The van der Waals surface area contributed by atoms with E-state index in [1.54, 1.807) is 0 Å². The van der Waals surface area contributed by atoms with Gasteiger partial charge in [0.25, 0.3) is 5.91 Å². The number of carbonyl (C=O) groups is 2. The van der Waals surface area contributed by atoms with Crippen molar-refractivity contribution in [3.63, 3.8) is 0 Å². The fourth-order valence-corrected chi connectivity index (χ4v) is 4.62. The Morgan fingerprint density at radius 1 is 1.06 bits per heavy atom. The molecule has 1 unspecified atom stereocenters. The Morgan fingerprint density at radius 3 is 2.33 bits per heavy atom. The molecule has 2 amide bonds. The van der Waals surface area contributed by atoms with Crippen LogP contribution in [0.1, 0.15) is 43.7 Å². The fourth-order valence-electron chi connectivity index (χ4n) is 4.62. The van der Waals surface area contributed by atoms with E-state index in [0.29, 0.717) is 32.7 Å². The molecule has 3 aliphatic heterocycles. The molecule has 2 saturated heterocycles. The van der Waals surface area contributed by atoms with Crippen LogP contribution in [0.5, 0.6) is 0 Å². The largest absolute Gasteiger partial charge is 0.368 e. The van der Waals surface area contributed by atoms with Gasteiger partial charge < -0.3 is 24.8 Å². The molecule has 2 fully saturated rings. The van der Waals surface area contributed by atoms with Crippen molar-refractivity contribution in [3.8, 4) is 0 Å². The Bertz CT molecular complexity index is 810. The van der Waals surface area contributed by atoms with E-state index in [-0.39, 0.29) is 41.9 Å². The number of rotatable bonds is 6. The van der Waals surface area contributed by atoms with Crippen molar-refractivity contribution in [2.75, 3.05) is 45.9 Å². The summed E-state index contributed by atoms with van der Waals surface area (Å²) in [5.74, 6) is 1.20. The van der Waals surface area contributed by atoms with Gasteiger partial charge in [0, 0.05) is 65.4 Å². The van der Waals surface area contributed by atoms with Crippen molar-refractivity contribution in [2.24, 2.45) is 4.99 Å². The number of carbonyl (C=O) groups excluding carboxylic acids is 2. The average molecular weight is 569 g/mol. The molecule has 3 aliphatic rings. The van der Waals surface area contributed by atoms with Crippen LogP contribution in [0.25, 0.3) is 0 Å². The highest BCUT2D eigenvalue weighted by Crippen LogP contribution is 2.23. The summed E-state index contributed by atoms with van der Waals surface area (Å²) < 4.78 is 5.55. The number of fused-ring (bicyclic) bond motifs is 1. The summed E-state index contributed by atoms with van der Waals surface area (Å²) in [5.41, 5.74) is 2.51. The number of nitrogens with one attached hydrogen (secondary N) is 1. The van der Waals surface area contributed by atoms with Crippen LogP contribution in [-0.4, -0.2) is 84.5 Å². The van der Waals surface area contributed by atoms with Crippen LogP contribution in [0.4, 0.5) is 0 Å². The molecule has 33 heavy (non-hydrogen) atoms. The molecule has 1 N–H and O–H groups in total. The molecular formula is C24H36IN5O3. The minimum Gasteiger partial charge on any atom is -0.368 e. The standard InChI is InChI=1S/C24H35N5O3.HI/c1-2-25-24(28-14-12-27(13-15-28)23(31)21-9-6-16-32-21)26-11-5-10-22(30)29-17-19-7-3-4-8-20(19)18-29;/h3-4,7-8,21H,2,5-6,9-18H2,1H3,(H,25,26);1H. The Labute approximate surface area is 213 Å². The maximum atomic E-state index is 12.6. The summed E-state index contributed by atoms with van der Waals surface area (Å²) >= 11 is 0. The molecule has 0 aromatic heterocycles. The highest BCUT2D eigenvalue weighted by Gasteiger charge is 2.31. The van der Waals surface area contributed by atoms with Crippen LogP contribution in [0.3, 0.4) is 0 Å². The van der Waals surface area contributed by atoms with Crippen LogP contribution in [-0.2, 0) is 27.4 Å². The van der Waals surface area contributed by atoms with Gasteiger partial charge in [-0.2, -0.15) is 0 Å². The maximum absolute atomic E-state index is 12.6. The van der Waals surface area contributed by atoms with Crippen LogP contribution in [0.15, 0.2) is 29.3 Å². The van der Waals surface area contributed by atoms with Crippen molar-refractivity contribution in [1.82, 2.24) is 20.0 Å². The van der Waals surface area contributed by atoms with E-state index in [9.17, 15) is 9.59 Å². The van der Waals surface area contributed by atoms with E-state index in [1.807, 2.05) is 21.9 Å². The maximum Gasteiger partial charge on any atom is 0.251 e. The van der Waals surface area contributed by atoms with Crippen LogP contribution < -0.4 is 5.32 Å². The fraction of sp³-hybridized carbons (Fsp3) is 0.625. The lowest BCUT2D eigenvalue weighted by Crippen LogP contribution is -2.55. The third kappa shape index (κ3) is 6.59. The smallest absolute Gasteiger partial charge is 0.251 e. The molecule has 1 aromatic carbocycles. The van der Waals surface area contributed by atoms with Crippen molar-refractivity contribution in [1.29, 1.82) is 0 Å². The number of halogens is 1. The van der Waals surface area contributed by atoms with Gasteiger partial charge in [-0.1, -0.05) is 24.3 Å². The number of amides is 2. The van der Waals surface area contributed by atoms with Gasteiger partial charge in [-0.05, 0) is 37.3 Å². The van der Waals surface area contributed by atoms with Gasteiger partial charge in [-0.3, -0.25) is 14.6 Å². The Hall–Kier alpha value is -1.88. The van der Waals surface area contributed by atoms with Crippen molar-refractivity contribution < 1.29 is 14.3 Å². The van der Waals surface area contributed by atoms with Gasteiger partial charge in [0.1, 0.15) is 6.10 Å². The SMILES string of the molecule is CCNC(=NCCCC(=O)N1Cc2ccccc2C1)N1CCN(C(=O)C2CCCO2)CC1.I. The van der Waals surface area contributed by atoms with Gasteiger partial charge in [0.2, 0.25) is 5.91 Å². The molecule has 1 atom stereocenters. The Morgan fingerprint density at radius 2 is 1.73 bits per heavy atom. The second-order valence-corrected chi connectivity index (χ2v) is 8.67. The molecule has 0 spiro atoms. The lowest BCUT2D eigenvalue weighted by molar-refractivity contribution is -0.142. The second-order valence-electron chi connectivity index (χ2n) is 8.67. The normalized spacial score (nSPS) is 20.5. The highest BCUT2D eigenvalue weighted by molar-refractivity contribution is 14.0. The summed E-state index contributed by atoms with van der Waals surface area (Å²) in [6, 6.07) is 8.26. The molecule has 4 rings (SSSR count). The quantitative estimate of drug-likeness (QED) is 0.246. The lowest BCUT2D eigenvalue weighted by atomic mass is 10.1. The first kappa shape index (κ1) is 25.7. The molecule has 182 valence electrons. The summed E-state index contributed by atoms with van der Waals surface area (Å²) in [7, 11) is 0. The third-order valence-corrected chi connectivity index (χ3v) is 6.43. The number of ether oxygens (including phenoxy) is 1. The van der Waals surface area contributed by atoms with E-state index >= 15 is 0 Å². The molecular weight excluding hydrogens is 533 g/mol. The first-order chi connectivity index (χ1) is 15.7. The molecule has 1 aromatic rings. The van der Waals surface area contributed by atoms with Crippen LogP contribution >= 0.6 is 24.0 Å². The zero-order valence-corrected chi connectivity index (χ0v) is 21.8. The predicted octanol–water partition coefficient (Wildman–Crippen LogP) is 2.22. The van der Waals surface area contributed by atoms with E-state index in [4.69, 9.17) is 9.73 Å². The molecule has 8 nitrogen and oxygen atoms in total. The summed E-state index contributed by atoms with van der Waals surface area (Å²) in [6.07, 6.45) is 2.81. The van der Waals surface area contributed by atoms with Crippen molar-refractivity contribution in [3.05, 3.63) is 35.4 Å². The number of benzene rings is 1. The molecule has 0 saturated carbocycles. The zero-order valence-electron chi connectivity index (χ0n) is 19.5. The van der Waals surface area contributed by atoms with Crippen LogP contribution in [0, 0.1) is 0 Å². The zero-order chi connectivity index (χ0) is 22.3. The molecule has 3 heterocycles. The number of piperazine rings is 1. The Balaban J connectivity index is 0.00000306. The molecule has 0 radical (unpaired) electrons. The van der Waals surface area contributed by atoms with E-state index < -0.39 is 0 Å². The van der Waals surface area contributed by atoms with E-state index in [2.05, 4.69) is 29.3 Å². The lowest BCUT2D eigenvalue weighted by Gasteiger charge is -2.37. The Kier molecular flexibility index (Phi) is 9.78. The first-order valence-electron chi connectivity index (χ1n) is 11.9. The molecule has 9 heteroatoms. The minimum absolute atomic E-state index is 0. The van der Waals surface area contributed by atoms with Gasteiger partial charge in [0.15, 0.2) is 5.96 Å². The van der Waals surface area contributed by atoms with Crippen LogP contribution in [0.2, 0.25) is 0 Å². The number of nitrogens with zero attached hydrogens (tertiary/aromatic N) is 4. The summed E-state index contributed by atoms with van der Waals surface area (Å²) in [6.45, 7) is 8.50. The average Bonchev–Trinajstić information content (AvgIpc) is 3.51. The van der Waals surface area contributed by atoms with E-state index in [0.717, 1.165) is 57.9 Å². The minimum atomic E-state index is -0.246. The monoisotopic (exact) mass is 569 g/mol. The second kappa shape index (κ2) is 12.5. The third-order valence-electron chi connectivity index (χ3n) is 6.43. The number of hydrogen-bond donors (Lipinski definition) is 1.